The fourth-order valence-electron chi connectivity index (χ4n) is 11.6. The van der Waals surface area contributed by atoms with Crippen LogP contribution in [0.25, 0.3) is 118 Å². The van der Waals surface area contributed by atoms with Crippen molar-refractivity contribution in [1.29, 1.82) is 0 Å². The van der Waals surface area contributed by atoms with Gasteiger partial charge >= 0.3 is 0 Å². The Morgan fingerprint density at radius 3 is 0.847 bits per heavy atom. The van der Waals surface area contributed by atoms with Crippen molar-refractivity contribution in [2.75, 3.05) is 0 Å². The third-order valence-corrected chi connectivity index (χ3v) is 16.4. The second-order valence-electron chi connectivity index (χ2n) is 24.1. The van der Waals surface area contributed by atoms with Crippen LogP contribution < -0.4 is 0 Å². The number of hydrogen-bond acceptors (Lipinski definition) is 6. The van der Waals surface area contributed by atoms with E-state index in [4.69, 9.17) is 29.9 Å². The SMILES string of the molecule is CC(C)c1cc(F)cc(-n2c(-c3cccc(-c4nc(-c5cccc(-c6nc7ccccc7n6-c6cc(C(C)C)cc(C(C)C)c6)c5)nc(-c5cccc(-c6nc7ccccc7n6-c6cc(C(C)C)cc(C(C)C)c6)c5)n4)c3)nc3ccccc32)c1. The Morgan fingerprint density at radius 1 is 0.271 bits per heavy atom. The molecular weight excluding hydrogens is 1050 g/mol. The molecule has 0 atom stereocenters. The largest absolute Gasteiger partial charge is 0.292 e. The third-order valence-electron chi connectivity index (χ3n) is 16.4. The lowest BCUT2D eigenvalue weighted by atomic mass is 9.94. The van der Waals surface area contributed by atoms with Gasteiger partial charge in [0.15, 0.2) is 17.5 Å². The molecule has 0 saturated carbocycles. The van der Waals surface area contributed by atoms with E-state index in [1.54, 1.807) is 12.1 Å². The van der Waals surface area contributed by atoms with Crippen molar-refractivity contribution in [3.8, 4) is 85.4 Å². The van der Waals surface area contributed by atoms with Crippen LogP contribution in [-0.4, -0.2) is 43.6 Å². The molecule has 420 valence electrons. The first-order valence-corrected chi connectivity index (χ1v) is 29.7. The summed E-state index contributed by atoms with van der Waals surface area (Å²) in [7, 11) is 0. The number of hydrogen-bond donors (Lipinski definition) is 0. The summed E-state index contributed by atoms with van der Waals surface area (Å²) >= 11 is 0. The molecule has 9 aromatic carbocycles. The van der Waals surface area contributed by atoms with Crippen molar-refractivity contribution in [2.45, 2.75) is 98.8 Å². The molecule has 0 radical (unpaired) electrons. The smallest absolute Gasteiger partial charge is 0.164 e. The highest BCUT2D eigenvalue weighted by Gasteiger charge is 2.23. The molecule has 0 spiro atoms. The lowest BCUT2D eigenvalue weighted by Crippen LogP contribution is -2.03. The maximum Gasteiger partial charge on any atom is 0.164 e. The Balaban J connectivity index is 1.00. The number of fused-ring (bicyclic) bond motifs is 3. The Morgan fingerprint density at radius 2 is 0.541 bits per heavy atom. The summed E-state index contributed by atoms with van der Waals surface area (Å²) in [6.07, 6.45) is 0. The summed E-state index contributed by atoms with van der Waals surface area (Å²) in [5.74, 6) is 4.93. The van der Waals surface area contributed by atoms with E-state index in [1.807, 2.05) is 54.6 Å². The van der Waals surface area contributed by atoms with Crippen molar-refractivity contribution in [3.63, 3.8) is 0 Å². The molecule has 0 fully saturated rings. The average molecular weight is 1110 g/mol. The molecular formula is C75H68FN9. The summed E-state index contributed by atoms with van der Waals surface area (Å²) < 4.78 is 22.2. The van der Waals surface area contributed by atoms with Gasteiger partial charge in [-0.05, 0) is 154 Å². The molecule has 0 amide bonds. The summed E-state index contributed by atoms with van der Waals surface area (Å²) in [4.78, 5) is 32.1. The highest BCUT2D eigenvalue weighted by Crippen LogP contribution is 2.39. The fourth-order valence-corrected chi connectivity index (χ4v) is 11.6. The molecule has 0 saturated heterocycles. The molecule has 13 rings (SSSR count). The highest BCUT2D eigenvalue weighted by molar-refractivity contribution is 5.87. The Bertz CT molecular complexity index is 4430. The predicted octanol–water partition coefficient (Wildman–Crippen LogP) is 19.6. The summed E-state index contributed by atoms with van der Waals surface area (Å²) in [5.41, 5.74) is 19.4. The number of rotatable bonds is 14. The van der Waals surface area contributed by atoms with Crippen LogP contribution in [0.4, 0.5) is 4.39 Å². The number of imidazole rings is 3. The minimum Gasteiger partial charge on any atom is -0.292 e. The maximum atomic E-state index is 15.6. The fraction of sp³-hybridized carbons (Fsp3) is 0.200. The molecule has 4 heterocycles. The lowest BCUT2D eigenvalue weighted by molar-refractivity contribution is 0.622. The van der Waals surface area contributed by atoms with Crippen LogP contribution in [0.3, 0.4) is 0 Å². The van der Waals surface area contributed by atoms with Gasteiger partial charge < -0.3 is 0 Å². The van der Waals surface area contributed by atoms with E-state index in [0.29, 0.717) is 52.7 Å². The van der Waals surface area contributed by atoms with E-state index in [1.165, 1.54) is 22.3 Å². The standard InChI is InChI=1S/C75H68FN9/c1-44(2)55-35-56(45(3)4)39-61(38-55)83-67-29-14-11-26-64(67)77-73(83)52-23-17-20-49(32-52)70-80-71(50-21-18-24-53(33-50)74-78-65-27-12-15-30-68(65)84(74)62-40-57(46(5)6)36-58(41-62)47(7)8)82-72(81-70)51-22-19-25-54(34-51)75-79-66-28-13-16-31-69(66)85(75)63-42-59(48(9)10)37-60(76)43-63/h11-48H,1-10H3. The van der Waals surface area contributed by atoms with E-state index in [9.17, 15) is 0 Å². The van der Waals surface area contributed by atoms with Gasteiger partial charge in [0.2, 0.25) is 0 Å². The third kappa shape index (κ3) is 10.4. The van der Waals surface area contributed by atoms with Crippen LogP contribution in [0.5, 0.6) is 0 Å². The van der Waals surface area contributed by atoms with Crippen LogP contribution in [0.2, 0.25) is 0 Å². The van der Waals surface area contributed by atoms with Crippen LogP contribution >= 0.6 is 0 Å². The van der Waals surface area contributed by atoms with Crippen molar-refractivity contribution in [1.82, 2.24) is 43.6 Å². The molecule has 0 bridgehead atoms. The first-order valence-electron chi connectivity index (χ1n) is 29.7. The highest BCUT2D eigenvalue weighted by atomic mass is 19.1. The predicted molar refractivity (Wildman–Crippen MR) is 347 cm³/mol. The Kier molecular flexibility index (Phi) is 14.2. The zero-order chi connectivity index (χ0) is 58.8. The normalized spacial score (nSPS) is 12.0. The van der Waals surface area contributed by atoms with Gasteiger partial charge in [0.25, 0.3) is 0 Å². The van der Waals surface area contributed by atoms with E-state index in [2.05, 4.69) is 216 Å². The molecule has 0 N–H and O–H groups in total. The molecule has 0 aliphatic carbocycles. The number of para-hydroxylation sites is 6. The van der Waals surface area contributed by atoms with Crippen LogP contribution in [-0.2, 0) is 0 Å². The second-order valence-corrected chi connectivity index (χ2v) is 24.1. The Hall–Kier alpha value is -9.67. The van der Waals surface area contributed by atoms with Crippen LogP contribution in [0, 0.1) is 5.82 Å². The molecule has 13 aromatic rings. The second kappa shape index (κ2) is 22.2. The van der Waals surface area contributed by atoms with Gasteiger partial charge in [-0.15, -0.1) is 0 Å². The van der Waals surface area contributed by atoms with E-state index >= 15 is 4.39 Å². The number of nitrogens with zero attached hydrogens (tertiary/aromatic N) is 9. The molecule has 0 aliphatic heterocycles. The monoisotopic (exact) mass is 1110 g/mol. The first kappa shape index (κ1) is 54.6. The minimum absolute atomic E-state index is 0.117. The van der Waals surface area contributed by atoms with Crippen molar-refractivity contribution >= 4 is 33.1 Å². The molecule has 4 aromatic heterocycles. The van der Waals surface area contributed by atoms with Gasteiger partial charge in [-0.1, -0.05) is 172 Å². The summed E-state index contributed by atoms with van der Waals surface area (Å²) in [6, 6.07) is 68.8. The topological polar surface area (TPSA) is 92.1 Å². The molecule has 9 nitrogen and oxygen atoms in total. The average Bonchev–Trinajstić information content (AvgIpc) is 3.19. The molecule has 0 unspecified atom stereocenters. The van der Waals surface area contributed by atoms with E-state index < -0.39 is 0 Å². The van der Waals surface area contributed by atoms with Crippen molar-refractivity contribution in [2.24, 2.45) is 0 Å². The quantitative estimate of drug-likeness (QED) is 0.108. The number of benzene rings is 9. The van der Waals surface area contributed by atoms with Crippen LogP contribution in [0.15, 0.2) is 200 Å². The molecule has 10 heteroatoms. The van der Waals surface area contributed by atoms with Gasteiger partial charge in [0.1, 0.15) is 23.3 Å². The molecule has 0 aliphatic rings. The van der Waals surface area contributed by atoms with Crippen molar-refractivity contribution in [3.05, 3.63) is 234 Å². The van der Waals surface area contributed by atoms with Gasteiger partial charge in [-0.2, -0.15) is 0 Å². The first-order chi connectivity index (χ1) is 41.1. The maximum absolute atomic E-state index is 15.6. The zero-order valence-electron chi connectivity index (χ0n) is 49.8. The number of halogens is 1. The molecule has 85 heavy (non-hydrogen) atoms. The Labute approximate surface area is 496 Å². The van der Waals surface area contributed by atoms with Crippen LogP contribution in [0.1, 0.15) is 127 Å². The van der Waals surface area contributed by atoms with Crippen molar-refractivity contribution < 1.29 is 4.39 Å². The number of aromatic nitrogens is 9. The van der Waals surface area contributed by atoms with Gasteiger partial charge in [0, 0.05) is 44.8 Å². The summed E-state index contributed by atoms with van der Waals surface area (Å²) in [5, 5.41) is 0. The zero-order valence-corrected chi connectivity index (χ0v) is 49.8. The van der Waals surface area contributed by atoms with Gasteiger partial charge in [0.05, 0.1) is 38.8 Å². The summed E-state index contributed by atoms with van der Waals surface area (Å²) in [6.45, 7) is 22.2. The lowest BCUT2D eigenvalue weighted by Gasteiger charge is -2.17. The van der Waals surface area contributed by atoms with E-state index in [-0.39, 0.29) is 11.7 Å². The van der Waals surface area contributed by atoms with Gasteiger partial charge in [-0.25, -0.2) is 34.3 Å². The minimum atomic E-state index is -0.298. The van der Waals surface area contributed by atoms with Gasteiger partial charge in [-0.3, -0.25) is 13.7 Å². The van der Waals surface area contributed by atoms with E-state index in [0.717, 1.165) is 95.1 Å².